The van der Waals surface area contributed by atoms with Crippen molar-refractivity contribution in [1.82, 2.24) is 10.3 Å². The van der Waals surface area contributed by atoms with E-state index in [-0.39, 0.29) is 6.42 Å². The Labute approximate surface area is 124 Å². The van der Waals surface area contributed by atoms with Gasteiger partial charge in [0.2, 0.25) is 5.91 Å². The lowest BCUT2D eigenvalue weighted by molar-refractivity contribution is -0.144. The Morgan fingerprint density at radius 3 is 2.86 bits per heavy atom. The largest absolute Gasteiger partial charge is 0.480 e. The van der Waals surface area contributed by atoms with E-state index in [2.05, 4.69) is 10.3 Å². The van der Waals surface area contributed by atoms with Gasteiger partial charge >= 0.3 is 5.97 Å². The molecule has 8 heteroatoms. The maximum Gasteiger partial charge on any atom is 0.328 e. The lowest BCUT2D eigenvalue weighted by atomic mass is 10.2. The third-order valence-corrected chi connectivity index (χ3v) is 3.60. The molecule has 0 fully saturated rings. The summed E-state index contributed by atoms with van der Waals surface area (Å²) in [7, 11) is 0. The number of aromatic nitrogens is 1. The third kappa shape index (κ3) is 3.89. The van der Waals surface area contributed by atoms with E-state index in [9.17, 15) is 14.7 Å². The molecule has 0 spiro atoms. The standard InChI is InChI=1S/C13H14N2O5S/c1-7(16)11(13(18)19)15-10(17)5-8-6-21-12(14-8)9-3-2-4-20-9/h2-4,6-7,11,16H,5H2,1H3,(H,15,17)(H,18,19). The van der Waals surface area contributed by atoms with Crippen LogP contribution in [0, 0.1) is 0 Å². The van der Waals surface area contributed by atoms with Crippen molar-refractivity contribution in [3.8, 4) is 10.8 Å². The van der Waals surface area contributed by atoms with Crippen LogP contribution in [-0.2, 0) is 16.0 Å². The normalized spacial score (nSPS) is 13.6. The maximum atomic E-state index is 11.8. The summed E-state index contributed by atoms with van der Waals surface area (Å²) < 4.78 is 5.20. The van der Waals surface area contributed by atoms with Gasteiger partial charge in [0.05, 0.1) is 24.5 Å². The molecule has 2 unspecified atom stereocenters. The average molecular weight is 310 g/mol. The minimum absolute atomic E-state index is 0.0618. The molecule has 0 aliphatic rings. The molecule has 2 atom stereocenters. The highest BCUT2D eigenvalue weighted by Crippen LogP contribution is 2.24. The van der Waals surface area contributed by atoms with Crippen molar-refractivity contribution >= 4 is 23.2 Å². The number of nitrogens with zero attached hydrogens (tertiary/aromatic N) is 1. The molecule has 7 nitrogen and oxygen atoms in total. The van der Waals surface area contributed by atoms with Gasteiger partial charge in [-0.15, -0.1) is 11.3 Å². The van der Waals surface area contributed by atoms with Gasteiger partial charge in [-0.1, -0.05) is 0 Å². The fourth-order valence-corrected chi connectivity index (χ4v) is 2.47. The first-order chi connectivity index (χ1) is 9.97. The summed E-state index contributed by atoms with van der Waals surface area (Å²) in [5.74, 6) is -1.19. The van der Waals surface area contributed by atoms with E-state index in [1.165, 1.54) is 24.5 Å². The molecular weight excluding hydrogens is 296 g/mol. The van der Waals surface area contributed by atoms with Crippen molar-refractivity contribution in [2.75, 3.05) is 0 Å². The number of rotatable bonds is 6. The summed E-state index contributed by atoms with van der Waals surface area (Å²) in [5, 5.41) is 22.8. The van der Waals surface area contributed by atoms with Crippen LogP contribution in [0.3, 0.4) is 0 Å². The van der Waals surface area contributed by atoms with E-state index in [1.807, 2.05) is 0 Å². The molecular formula is C13H14N2O5S. The van der Waals surface area contributed by atoms with E-state index in [4.69, 9.17) is 9.52 Å². The Bertz CT molecular complexity index is 620. The van der Waals surface area contributed by atoms with Crippen molar-refractivity contribution in [2.24, 2.45) is 0 Å². The topological polar surface area (TPSA) is 113 Å². The van der Waals surface area contributed by atoms with Crippen LogP contribution in [0.4, 0.5) is 0 Å². The lowest BCUT2D eigenvalue weighted by Crippen LogP contribution is -2.48. The van der Waals surface area contributed by atoms with Crippen LogP contribution in [0.25, 0.3) is 10.8 Å². The fourth-order valence-electron chi connectivity index (χ4n) is 1.68. The Balaban J connectivity index is 1.98. The van der Waals surface area contributed by atoms with Crippen molar-refractivity contribution in [2.45, 2.75) is 25.5 Å². The number of furan rings is 1. The number of hydrogen-bond donors (Lipinski definition) is 3. The van der Waals surface area contributed by atoms with Gasteiger partial charge in [-0.2, -0.15) is 0 Å². The Morgan fingerprint density at radius 1 is 1.52 bits per heavy atom. The predicted molar refractivity (Wildman–Crippen MR) is 74.8 cm³/mol. The molecule has 0 radical (unpaired) electrons. The summed E-state index contributed by atoms with van der Waals surface area (Å²) >= 11 is 1.33. The smallest absolute Gasteiger partial charge is 0.328 e. The fraction of sp³-hybridized carbons (Fsp3) is 0.308. The number of thiazole rings is 1. The molecule has 0 aromatic carbocycles. The van der Waals surface area contributed by atoms with Crippen LogP contribution in [0.5, 0.6) is 0 Å². The number of amides is 1. The minimum Gasteiger partial charge on any atom is -0.480 e. The number of carbonyl (C=O) groups is 2. The van der Waals surface area contributed by atoms with Crippen LogP contribution in [0.2, 0.25) is 0 Å². The van der Waals surface area contributed by atoms with E-state index >= 15 is 0 Å². The first-order valence-electron chi connectivity index (χ1n) is 6.16. The zero-order valence-electron chi connectivity index (χ0n) is 11.1. The van der Waals surface area contributed by atoms with Crippen LogP contribution < -0.4 is 5.32 Å². The number of carbonyl (C=O) groups excluding carboxylic acids is 1. The SMILES string of the molecule is CC(O)C(NC(=O)Cc1csc(-c2ccco2)n1)C(=O)O. The second-order valence-electron chi connectivity index (χ2n) is 4.42. The lowest BCUT2D eigenvalue weighted by Gasteiger charge is -2.16. The molecule has 0 aliphatic carbocycles. The van der Waals surface area contributed by atoms with Gasteiger partial charge in [0.1, 0.15) is 0 Å². The predicted octanol–water partition coefficient (Wildman–Crippen LogP) is 0.896. The van der Waals surface area contributed by atoms with Gasteiger partial charge in [0, 0.05) is 5.38 Å². The number of aliphatic hydroxyl groups is 1. The number of carboxylic acid groups (broad SMARTS) is 1. The number of aliphatic hydroxyl groups excluding tert-OH is 1. The number of nitrogens with one attached hydrogen (secondary N) is 1. The zero-order valence-corrected chi connectivity index (χ0v) is 12.0. The quantitative estimate of drug-likeness (QED) is 0.730. The van der Waals surface area contributed by atoms with Crippen molar-refractivity contribution in [3.63, 3.8) is 0 Å². The number of aliphatic carboxylic acids is 1. The molecule has 2 rings (SSSR count). The Kier molecular flexibility index (Phi) is 4.71. The number of carboxylic acids is 1. The zero-order chi connectivity index (χ0) is 15.4. The summed E-state index contributed by atoms with van der Waals surface area (Å²) in [6, 6.07) is 2.17. The van der Waals surface area contributed by atoms with Crippen LogP contribution >= 0.6 is 11.3 Å². The summed E-state index contributed by atoms with van der Waals surface area (Å²) in [6.45, 7) is 1.30. The monoisotopic (exact) mass is 310 g/mol. The van der Waals surface area contributed by atoms with Gasteiger partial charge in [-0.3, -0.25) is 4.79 Å². The maximum absolute atomic E-state index is 11.8. The number of hydrogen-bond acceptors (Lipinski definition) is 6. The Hall–Kier alpha value is -2.19. The Morgan fingerprint density at radius 2 is 2.29 bits per heavy atom. The van der Waals surface area contributed by atoms with Crippen molar-refractivity contribution in [3.05, 3.63) is 29.5 Å². The van der Waals surface area contributed by atoms with E-state index in [0.717, 1.165) is 0 Å². The van der Waals surface area contributed by atoms with E-state index in [1.54, 1.807) is 17.5 Å². The third-order valence-electron chi connectivity index (χ3n) is 2.69. The van der Waals surface area contributed by atoms with Gasteiger partial charge in [-0.05, 0) is 19.1 Å². The highest BCUT2D eigenvalue weighted by molar-refractivity contribution is 7.13. The first kappa shape index (κ1) is 15.2. The molecule has 112 valence electrons. The van der Waals surface area contributed by atoms with Crippen LogP contribution in [0.1, 0.15) is 12.6 Å². The molecule has 0 saturated heterocycles. The first-order valence-corrected chi connectivity index (χ1v) is 7.04. The second-order valence-corrected chi connectivity index (χ2v) is 5.28. The van der Waals surface area contributed by atoms with Gasteiger partial charge in [0.15, 0.2) is 16.8 Å². The molecule has 0 aliphatic heterocycles. The minimum atomic E-state index is -1.33. The molecule has 2 heterocycles. The van der Waals surface area contributed by atoms with Gasteiger partial charge in [0.25, 0.3) is 0 Å². The van der Waals surface area contributed by atoms with E-state index in [0.29, 0.717) is 16.5 Å². The second kappa shape index (κ2) is 6.51. The molecule has 2 aromatic rings. The van der Waals surface area contributed by atoms with Crippen LogP contribution in [0.15, 0.2) is 28.2 Å². The molecule has 3 N–H and O–H groups in total. The molecule has 21 heavy (non-hydrogen) atoms. The van der Waals surface area contributed by atoms with E-state index < -0.39 is 24.0 Å². The highest BCUT2D eigenvalue weighted by Gasteiger charge is 2.25. The summed E-state index contributed by atoms with van der Waals surface area (Å²) in [6.07, 6.45) is 0.289. The molecule has 0 saturated carbocycles. The molecule has 0 bridgehead atoms. The molecule has 1 amide bonds. The van der Waals surface area contributed by atoms with Crippen molar-refractivity contribution in [1.29, 1.82) is 0 Å². The van der Waals surface area contributed by atoms with Gasteiger partial charge < -0.3 is 19.9 Å². The summed E-state index contributed by atoms with van der Waals surface area (Å²) in [5.41, 5.74) is 0.513. The average Bonchev–Trinajstić information content (AvgIpc) is 3.05. The highest BCUT2D eigenvalue weighted by atomic mass is 32.1. The van der Waals surface area contributed by atoms with Gasteiger partial charge in [-0.25, -0.2) is 9.78 Å². The van der Waals surface area contributed by atoms with Crippen LogP contribution in [-0.4, -0.2) is 39.2 Å². The summed E-state index contributed by atoms with van der Waals surface area (Å²) in [4.78, 5) is 26.9. The molecule has 2 aromatic heterocycles. The van der Waals surface area contributed by atoms with Crippen molar-refractivity contribution < 1.29 is 24.2 Å².